The summed E-state index contributed by atoms with van der Waals surface area (Å²) >= 11 is 0. The van der Waals surface area contributed by atoms with Crippen molar-refractivity contribution in [2.45, 2.75) is 65.3 Å². The van der Waals surface area contributed by atoms with Crippen LogP contribution in [-0.4, -0.2) is 33.1 Å². The Balaban J connectivity index is 0. The highest BCUT2D eigenvalue weighted by atomic mass is 16.3. The van der Waals surface area contributed by atoms with Crippen LogP contribution in [0.5, 0.6) is 0 Å². The fourth-order valence-corrected chi connectivity index (χ4v) is 0.723. The first-order valence-electron chi connectivity index (χ1n) is 4.77. The molecule has 82 valence electrons. The van der Waals surface area contributed by atoms with Gasteiger partial charge in [-0.3, -0.25) is 0 Å². The van der Waals surface area contributed by atoms with Crippen molar-refractivity contribution in [3.05, 3.63) is 0 Å². The zero-order valence-electron chi connectivity index (χ0n) is 9.41. The zero-order chi connectivity index (χ0) is 11.1. The molecule has 0 heterocycles. The normalized spacial score (nSPS) is 15.7. The van der Waals surface area contributed by atoms with E-state index in [4.69, 9.17) is 15.3 Å². The lowest BCUT2D eigenvalue weighted by atomic mass is 10.0. The second-order valence-corrected chi connectivity index (χ2v) is 4.12. The van der Waals surface area contributed by atoms with Gasteiger partial charge in [0.1, 0.15) is 0 Å². The molecule has 0 saturated carbocycles. The zero-order valence-corrected chi connectivity index (χ0v) is 9.41. The Labute approximate surface area is 81.4 Å². The molecule has 0 aromatic carbocycles. The van der Waals surface area contributed by atoms with Gasteiger partial charge in [-0.15, -0.1) is 0 Å². The summed E-state index contributed by atoms with van der Waals surface area (Å²) in [7, 11) is 0. The summed E-state index contributed by atoms with van der Waals surface area (Å²) in [5, 5.41) is 26.1. The fourth-order valence-electron chi connectivity index (χ4n) is 0.723. The monoisotopic (exact) mass is 192 g/mol. The van der Waals surface area contributed by atoms with E-state index in [2.05, 4.69) is 0 Å². The highest BCUT2D eigenvalue weighted by Crippen LogP contribution is 2.09. The first kappa shape index (κ1) is 15.4. The SMILES string of the molecule is CC(O)CC(C)(C)O.CCC(C)O. The molecule has 0 radical (unpaired) electrons. The van der Waals surface area contributed by atoms with Crippen LogP contribution in [0, 0.1) is 0 Å². The molecule has 0 spiro atoms. The summed E-state index contributed by atoms with van der Waals surface area (Å²) in [6.45, 7) is 8.75. The molecule has 0 aliphatic carbocycles. The van der Waals surface area contributed by atoms with Crippen LogP contribution in [0.1, 0.15) is 47.5 Å². The van der Waals surface area contributed by atoms with E-state index in [-0.39, 0.29) is 6.10 Å². The first-order valence-corrected chi connectivity index (χ1v) is 4.77. The maximum atomic E-state index is 9.03. The summed E-state index contributed by atoms with van der Waals surface area (Å²) < 4.78 is 0. The van der Waals surface area contributed by atoms with E-state index >= 15 is 0 Å². The highest BCUT2D eigenvalue weighted by molar-refractivity contribution is 4.67. The largest absolute Gasteiger partial charge is 0.393 e. The average Bonchev–Trinajstić information content (AvgIpc) is 1.83. The van der Waals surface area contributed by atoms with Crippen LogP contribution in [0.3, 0.4) is 0 Å². The minimum absolute atomic E-state index is 0.116. The fraction of sp³-hybridized carbons (Fsp3) is 1.00. The van der Waals surface area contributed by atoms with Crippen molar-refractivity contribution >= 4 is 0 Å². The molecule has 13 heavy (non-hydrogen) atoms. The van der Waals surface area contributed by atoms with Crippen LogP contribution in [-0.2, 0) is 0 Å². The van der Waals surface area contributed by atoms with E-state index in [1.165, 1.54) is 0 Å². The smallest absolute Gasteiger partial charge is 0.0616 e. The van der Waals surface area contributed by atoms with Crippen LogP contribution in [0.4, 0.5) is 0 Å². The Bertz CT molecular complexity index is 103. The molecule has 0 aromatic rings. The van der Waals surface area contributed by atoms with Crippen molar-refractivity contribution < 1.29 is 15.3 Å². The Morgan fingerprint density at radius 1 is 1.08 bits per heavy atom. The summed E-state index contributed by atoms with van der Waals surface area (Å²) in [5.74, 6) is 0. The topological polar surface area (TPSA) is 60.7 Å². The maximum Gasteiger partial charge on any atom is 0.0616 e. The van der Waals surface area contributed by atoms with E-state index in [1.54, 1.807) is 27.7 Å². The van der Waals surface area contributed by atoms with Gasteiger partial charge >= 0.3 is 0 Å². The summed E-state index contributed by atoms with van der Waals surface area (Å²) in [5.41, 5.74) is -0.728. The molecule has 0 aliphatic heterocycles. The van der Waals surface area contributed by atoms with E-state index in [0.29, 0.717) is 6.42 Å². The molecule has 3 nitrogen and oxygen atoms in total. The van der Waals surface area contributed by atoms with Crippen LogP contribution in [0.2, 0.25) is 0 Å². The number of hydrogen-bond acceptors (Lipinski definition) is 3. The van der Waals surface area contributed by atoms with E-state index in [0.717, 1.165) is 6.42 Å². The Kier molecular flexibility index (Phi) is 8.62. The van der Waals surface area contributed by atoms with Crippen molar-refractivity contribution in [1.82, 2.24) is 0 Å². The second kappa shape index (κ2) is 7.30. The van der Waals surface area contributed by atoms with Crippen molar-refractivity contribution in [2.75, 3.05) is 0 Å². The Morgan fingerprint density at radius 3 is 1.38 bits per heavy atom. The number of hydrogen-bond donors (Lipinski definition) is 3. The van der Waals surface area contributed by atoms with E-state index < -0.39 is 11.7 Å². The molecule has 0 bridgehead atoms. The molecule has 0 fully saturated rings. The van der Waals surface area contributed by atoms with Crippen molar-refractivity contribution in [3.63, 3.8) is 0 Å². The predicted octanol–water partition coefficient (Wildman–Crippen LogP) is 1.31. The van der Waals surface area contributed by atoms with Gasteiger partial charge in [0, 0.05) is 6.42 Å². The standard InChI is InChI=1S/C6H14O2.C4H10O/c1-5(7)4-6(2,3)8;1-3-4(2)5/h5,7-8H,4H2,1-3H3;4-5H,3H2,1-2H3. The minimum atomic E-state index is -0.728. The van der Waals surface area contributed by atoms with Crippen LogP contribution in [0.25, 0.3) is 0 Å². The summed E-state index contributed by atoms with van der Waals surface area (Å²) in [4.78, 5) is 0. The Hall–Kier alpha value is -0.120. The van der Waals surface area contributed by atoms with E-state index in [9.17, 15) is 0 Å². The third-order valence-electron chi connectivity index (χ3n) is 1.39. The maximum absolute atomic E-state index is 9.03. The molecule has 2 unspecified atom stereocenters. The van der Waals surface area contributed by atoms with Gasteiger partial charge in [-0.25, -0.2) is 0 Å². The van der Waals surface area contributed by atoms with Gasteiger partial charge in [-0.2, -0.15) is 0 Å². The van der Waals surface area contributed by atoms with Gasteiger partial charge in [-0.05, 0) is 34.1 Å². The van der Waals surface area contributed by atoms with Crippen LogP contribution < -0.4 is 0 Å². The van der Waals surface area contributed by atoms with Gasteiger partial charge in [0.25, 0.3) is 0 Å². The van der Waals surface area contributed by atoms with Gasteiger partial charge < -0.3 is 15.3 Å². The highest BCUT2D eigenvalue weighted by Gasteiger charge is 2.14. The lowest BCUT2D eigenvalue weighted by Crippen LogP contribution is -2.24. The summed E-state index contributed by atoms with van der Waals surface area (Å²) in [6.07, 6.45) is 0.775. The number of rotatable bonds is 3. The molecule has 3 N–H and O–H groups in total. The van der Waals surface area contributed by atoms with E-state index in [1.807, 2.05) is 6.92 Å². The minimum Gasteiger partial charge on any atom is -0.393 e. The molecule has 0 saturated heterocycles. The molecule has 0 aromatic heterocycles. The molecular weight excluding hydrogens is 168 g/mol. The van der Waals surface area contributed by atoms with Crippen molar-refractivity contribution in [3.8, 4) is 0 Å². The van der Waals surface area contributed by atoms with Gasteiger partial charge in [0.05, 0.1) is 17.8 Å². The summed E-state index contributed by atoms with van der Waals surface area (Å²) in [6, 6.07) is 0. The van der Waals surface area contributed by atoms with Gasteiger partial charge in [0.15, 0.2) is 0 Å². The third kappa shape index (κ3) is 24.5. The molecular formula is C10H24O3. The van der Waals surface area contributed by atoms with Gasteiger partial charge in [0.2, 0.25) is 0 Å². The molecule has 0 rings (SSSR count). The van der Waals surface area contributed by atoms with Crippen molar-refractivity contribution in [1.29, 1.82) is 0 Å². The van der Waals surface area contributed by atoms with Crippen LogP contribution in [0.15, 0.2) is 0 Å². The second-order valence-electron chi connectivity index (χ2n) is 4.12. The third-order valence-corrected chi connectivity index (χ3v) is 1.39. The molecule has 0 amide bonds. The lowest BCUT2D eigenvalue weighted by Gasteiger charge is -2.17. The molecule has 3 heteroatoms. The lowest BCUT2D eigenvalue weighted by molar-refractivity contribution is 0.0249. The number of aliphatic hydroxyl groups is 3. The Morgan fingerprint density at radius 2 is 1.38 bits per heavy atom. The molecule has 2 atom stereocenters. The average molecular weight is 192 g/mol. The van der Waals surface area contributed by atoms with Crippen molar-refractivity contribution in [2.24, 2.45) is 0 Å². The van der Waals surface area contributed by atoms with Crippen LogP contribution >= 0.6 is 0 Å². The predicted molar refractivity (Wildman–Crippen MR) is 54.6 cm³/mol. The first-order chi connectivity index (χ1) is 5.69. The molecule has 0 aliphatic rings. The van der Waals surface area contributed by atoms with Gasteiger partial charge in [-0.1, -0.05) is 6.92 Å². The quantitative estimate of drug-likeness (QED) is 0.631. The number of aliphatic hydroxyl groups excluding tert-OH is 2.